The summed E-state index contributed by atoms with van der Waals surface area (Å²) in [7, 11) is 1.52. The van der Waals surface area contributed by atoms with Crippen LogP contribution in [0.2, 0.25) is 0 Å². The molecule has 2 aliphatic heterocycles. The summed E-state index contributed by atoms with van der Waals surface area (Å²) in [5, 5.41) is 0. The van der Waals surface area contributed by atoms with Crippen molar-refractivity contribution in [1.29, 1.82) is 0 Å². The molecule has 0 N–H and O–H groups in total. The average molecular weight is 369 g/mol. The molecule has 0 saturated carbocycles. The summed E-state index contributed by atoms with van der Waals surface area (Å²) in [6.07, 6.45) is 3.48. The standard InChI is InChI=1S/C20H23N3O4/c1-25-20-21-9-8-18(22-20)27-16-7-4-10-23(12-16)19(24)17-11-14-5-2-3-6-15(14)13-26-17/h2-3,5-6,8-9,16-17H,4,7,10-13H2,1H3. The van der Waals surface area contributed by atoms with Crippen molar-refractivity contribution in [3.8, 4) is 11.9 Å². The lowest BCUT2D eigenvalue weighted by Gasteiger charge is -2.35. The van der Waals surface area contributed by atoms with Gasteiger partial charge in [-0.15, -0.1) is 0 Å². The summed E-state index contributed by atoms with van der Waals surface area (Å²) < 4.78 is 16.8. The van der Waals surface area contributed by atoms with Crippen molar-refractivity contribution in [2.75, 3.05) is 20.2 Å². The van der Waals surface area contributed by atoms with Gasteiger partial charge < -0.3 is 19.1 Å². The number of aromatic nitrogens is 2. The van der Waals surface area contributed by atoms with Crippen molar-refractivity contribution >= 4 is 5.91 Å². The Hall–Kier alpha value is -2.67. The van der Waals surface area contributed by atoms with E-state index in [0.717, 1.165) is 19.4 Å². The SMILES string of the molecule is COc1nccc(OC2CCCN(C(=O)C3Cc4ccccc4CO3)C2)n1. The molecule has 2 unspecified atom stereocenters. The largest absolute Gasteiger partial charge is 0.472 e. The number of methoxy groups -OCH3 is 1. The Morgan fingerprint density at radius 1 is 1.26 bits per heavy atom. The summed E-state index contributed by atoms with van der Waals surface area (Å²) in [5.41, 5.74) is 2.36. The number of hydrogen-bond donors (Lipinski definition) is 0. The van der Waals surface area contributed by atoms with Crippen LogP contribution in [-0.4, -0.2) is 53.2 Å². The number of likely N-dealkylation sites (tertiary alicyclic amines) is 1. The molecule has 1 saturated heterocycles. The molecular weight excluding hydrogens is 346 g/mol. The fraction of sp³-hybridized carbons (Fsp3) is 0.450. The summed E-state index contributed by atoms with van der Waals surface area (Å²) in [6, 6.07) is 10.1. The van der Waals surface area contributed by atoms with Crippen LogP contribution in [0, 0.1) is 0 Å². The molecule has 2 atom stereocenters. The molecule has 0 spiro atoms. The Morgan fingerprint density at radius 3 is 2.96 bits per heavy atom. The lowest BCUT2D eigenvalue weighted by molar-refractivity contribution is -0.148. The van der Waals surface area contributed by atoms with Gasteiger partial charge in [0.2, 0.25) is 5.88 Å². The van der Waals surface area contributed by atoms with Gasteiger partial charge in [0, 0.05) is 25.2 Å². The number of ether oxygens (including phenoxy) is 3. The fourth-order valence-corrected chi connectivity index (χ4v) is 3.60. The van der Waals surface area contributed by atoms with Crippen LogP contribution >= 0.6 is 0 Å². The van der Waals surface area contributed by atoms with E-state index in [1.807, 2.05) is 17.0 Å². The summed E-state index contributed by atoms with van der Waals surface area (Å²) in [5.74, 6) is 0.502. The number of piperidine rings is 1. The first-order valence-corrected chi connectivity index (χ1v) is 9.24. The quantitative estimate of drug-likeness (QED) is 0.821. The number of nitrogens with zero attached hydrogens (tertiary/aromatic N) is 3. The molecule has 0 aliphatic carbocycles. The monoisotopic (exact) mass is 369 g/mol. The Kier molecular flexibility index (Phi) is 5.20. The van der Waals surface area contributed by atoms with Crippen LogP contribution in [0.1, 0.15) is 24.0 Å². The van der Waals surface area contributed by atoms with E-state index in [1.165, 1.54) is 18.2 Å². The van der Waals surface area contributed by atoms with E-state index in [0.29, 0.717) is 25.5 Å². The molecule has 2 aromatic rings. The molecule has 2 aliphatic rings. The van der Waals surface area contributed by atoms with E-state index in [4.69, 9.17) is 14.2 Å². The van der Waals surface area contributed by atoms with Gasteiger partial charge in [-0.05, 0) is 24.0 Å². The van der Waals surface area contributed by atoms with Crippen molar-refractivity contribution in [3.63, 3.8) is 0 Å². The maximum Gasteiger partial charge on any atom is 0.319 e. The van der Waals surface area contributed by atoms with E-state index < -0.39 is 6.10 Å². The van der Waals surface area contributed by atoms with Crippen molar-refractivity contribution in [1.82, 2.24) is 14.9 Å². The number of benzene rings is 1. The minimum atomic E-state index is -0.419. The van der Waals surface area contributed by atoms with Crippen molar-refractivity contribution in [2.45, 2.75) is 38.1 Å². The highest BCUT2D eigenvalue weighted by Crippen LogP contribution is 2.24. The zero-order valence-electron chi connectivity index (χ0n) is 15.3. The van der Waals surface area contributed by atoms with E-state index in [9.17, 15) is 4.79 Å². The molecule has 0 radical (unpaired) electrons. The normalized spacial score (nSPS) is 22.0. The van der Waals surface area contributed by atoms with Crippen LogP contribution < -0.4 is 9.47 Å². The summed E-state index contributed by atoms with van der Waals surface area (Å²) >= 11 is 0. The van der Waals surface area contributed by atoms with Crippen LogP contribution in [0.5, 0.6) is 11.9 Å². The van der Waals surface area contributed by atoms with Crippen LogP contribution in [0.3, 0.4) is 0 Å². The lowest BCUT2D eigenvalue weighted by Crippen LogP contribution is -2.49. The Balaban J connectivity index is 1.38. The van der Waals surface area contributed by atoms with Crippen LogP contribution in [-0.2, 0) is 22.6 Å². The highest BCUT2D eigenvalue weighted by molar-refractivity contribution is 5.81. The first-order chi connectivity index (χ1) is 13.2. The molecule has 1 fully saturated rings. The van der Waals surface area contributed by atoms with Gasteiger partial charge in [-0.25, -0.2) is 4.98 Å². The molecule has 27 heavy (non-hydrogen) atoms. The van der Waals surface area contributed by atoms with Gasteiger partial charge in [-0.3, -0.25) is 4.79 Å². The third-order valence-corrected chi connectivity index (χ3v) is 5.01. The maximum absolute atomic E-state index is 13.0. The van der Waals surface area contributed by atoms with Gasteiger partial charge in [-0.1, -0.05) is 24.3 Å². The first-order valence-electron chi connectivity index (χ1n) is 9.24. The second kappa shape index (κ2) is 7.92. The van der Waals surface area contributed by atoms with E-state index >= 15 is 0 Å². The number of fused-ring (bicyclic) bond motifs is 1. The molecule has 4 rings (SSSR count). The summed E-state index contributed by atoms with van der Waals surface area (Å²) in [6.45, 7) is 1.75. The number of carbonyl (C=O) groups is 1. The Labute approximate surface area is 158 Å². The van der Waals surface area contributed by atoms with Gasteiger partial charge in [0.15, 0.2) is 0 Å². The lowest BCUT2D eigenvalue weighted by atomic mass is 9.98. The van der Waals surface area contributed by atoms with Gasteiger partial charge in [0.25, 0.3) is 5.91 Å². The van der Waals surface area contributed by atoms with Crippen LogP contribution in [0.4, 0.5) is 0 Å². The molecule has 3 heterocycles. The Bertz CT molecular complexity index is 813. The van der Waals surface area contributed by atoms with Crippen LogP contribution in [0.25, 0.3) is 0 Å². The number of amides is 1. The van der Waals surface area contributed by atoms with Gasteiger partial charge >= 0.3 is 6.01 Å². The topological polar surface area (TPSA) is 73.8 Å². The van der Waals surface area contributed by atoms with Crippen molar-refractivity contribution in [3.05, 3.63) is 47.7 Å². The number of rotatable bonds is 4. The zero-order valence-corrected chi connectivity index (χ0v) is 15.3. The highest BCUT2D eigenvalue weighted by atomic mass is 16.5. The predicted octanol–water partition coefficient (Wildman–Crippen LogP) is 2.00. The minimum Gasteiger partial charge on any atom is -0.472 e. The predicted molar refractivity (Wildman–Crippen MR) is 97.5 cm³/mol. The second-order valence-electron chi connectivity index (χ2n) is 6.82. The second-order valence-corrected chi connectivity index (χ2v) is 6.82. The zero-order chi connectivity index (χ0) is 18.6. The summed E-state index contributed by atoms with van der Waals surface area (Å²) in [4.78, 5) is 23.0. The van der Waals surface area contributed by atoms with Gasteiger partial charge in [0.1, 0.15) is 12.2 Å². The van der Waals surface area contributed by atoms with E-state index in [-0.39, 0.29) is 18.0 Å². The molecular formula is C20H23N3O4. The van der Waals surface area contributed by atoms with Crippen molar-refractivity contribution in [2.24, 2.45) is 0 Å². The fourth-order valence-electron chi connectivity index (χ4n) is 3.60. The maximum atomic E-state index is 13.0. The number of carbonyl (C=O) groups excluding carboxylic acids is 1. The van der Waals surface area contributed by atoms with Crippen molar-refractivity contribution < 1.29 is 19.0 Å². The Morgan fingerprint density at radius 2 is 2.11 bits per heavy atom. The van der Waals surface area contributed by atoms with Gasteiger partial charge in [-0.2, -0.15) is 4.98 Å². The molecule has 7 heteroatoms. The average Bonchev–Trinajstić information content (AvgIpc) is 2.73. The van der Waals surface area contributed by atoms with Gasteiger partial charge in [0.05, 0.1) is 20.3 Å². The highest BCUT2D eigenvalue weighted by Gasteiger charge is 2.32. The third-order valence-electron chi connectivity index (χ3n) is 5.01. The number of hydrogen-bond acceptors (Lipinski definition) is 6. The van der Waals surface area contributed by atoms with Crippen LogP contribution in [0.15, 0.2) is 36.5 Å². The molecule has 1 aromatic carbocycles. The minimum absolute atomic E-state index is 0.0399. The van der Waals surface area contributed by atoms with E-state index in [1.54, 1.807) is 12.3 Å². The molecule has 142 valence electrons. The van der Waals surface area contributed by atoms with E-state index in [2.05, 4.69) is 22.1 Å². The smallest absolute Gasteiger partial charge is 0.319 e. The molecule has 0 bridgehead atoms. The third kappa shape index (κ3) is 4.03. The molecule has 1 aromatic heterocycles. The first kappa shape index (κ1) is 17.7. The molecule has 1 amide bonds. The molecule has 7 nitrogen and oxygen atoms in total.